The molecular formula is C12H14N2O2S. The van der Waals surface area contributed by atoms with Crippen molar-refractivity contribution in [1.82, 2.24) is 9.97 Å². The van der Waals surface area contributed by atoms with Gasteiger partial charge < -0.3 is 10.1 Å². The normalized spacial score (nSPS) is 11.7. The van der Waals surface area contributed by atoms with Gasteiger partial charge in [-0.05, 0) is 17.5 Å². The fourth-order valence-electron chi connectivity index (χ4n) is 1.42. The lowest BCUT2D eigenvalue weighted by atomic mass is 9.95. The minimum Gasteiger partial charge on any atom is -0.477 e. The number of carboxylic acid groups (broad SMARTS) is 1. The minimum atomic E-state index is -0.989. The predicted molar refractivity (Wildman–Crippen MR) is 67.6 cm³/mol. The second-order valence-corrected chi connectivity index (χ2v) is 5.95. The summed E-state index contributed by atoms with van der Waals surface area (Å²) in [6, 6.07) is 4.03. The van der Waals surface area contributed by atoms with E-state index >= 15 is 0 Å². The maximum absolute atomic E-state index is 10.7. The van der Waals surface area contributed by atoms with E-state index in [-0.39, 0.29) is 11.1 Å². The number of H-pyrrole nitrogens is 1. The van der Waals surface area contributed by atoms with Crippen LogP contribution >= 0.6 is 11.3 Å². The molecule has 0 spiro atoms. The van der Waals surface area contributed by atoms with Crippen LogP contribution in [0, 0.1) is 0 Å². The first kappa shape index (κ1) is 11.9. The van der Waals surface area contributed by atoms with Crippen LogP contribution in [-0.4, -0.2) is 21.0 Å². The smallest absolute Gasteiger partial charge is 0.353 e. The summed E-state index contributed by atoms with van der Waals surface area (Å²) < 4.78 is 0. The third kappa shape index (κ3) is 2.39. The summed E-state index contributed by atoms with van der Waals surface area (Å²) in [5.41, 5.74) is 0.219. The number of hydrogen-bond donors (Lipinski definition) is 2. The van der Waals surface area contributed by atoms with Gasteiger partial charge in [-0.1, -0.05) is 20.8 Å². The van der Waals surface area contributed by atoms with Crippen molar-refractivity contribution in [2.75, 3.05) is 0 Å². The summed E-state index contributed by atoms with van der Waals surface area (Å²) in [5.74, 6) is -0.376. The fourth-order valence-corrected chi connectivity index (χ4v) is 2.44. The molecule has 0 aliphatic carbocycles. The monoisotopic (exact) mass is 250 g/mol. The van der Waals surface area contributed by atoms with Crippen molar-refractivity contribution in [2.24, 2.45) is 0 Å². The van der Waals surface area contributed by atoms with E-state index in [1.807, 2.05) is 6.07 Å². The third-order valence-electron chi connectivity index (χ3n) is 2.38. The van der Waals surface area contributed by atoms with Crippen LogP contribution in [0.3, 0.4) is 0 Å². The molecule has 2 rings (SSSR count). The Morgan fingerprint density at radius 2 is 2.12 bits per heavy atom. The van der Waals surface area contributed by atoms with Crippen LogP contribution < -0.4 is 0 Å². The summed E-state index contributed by atoms with van der Waals surface area (Å²) in [7, 11) is 0. The van der Waals surface area contributed by atoms with E-state index < -0.39 is 5.97 Å². The van der Waals surface area contributed by atoms with Crippen LogP contribution in [0.1, 0.15) is 36.1 Å². The Bertz CT molecular complexity index is 549. The zero-order chi connectivity index (χ0) is 12.6. The molecular weight excluding hydrogens is 236 g/mol. The van der Waals surface area contributed by atoms with E-state index in [1.165, 1.54) is 11.1 Å². The van der Waals surface area contributed by atoms with Gasteiger partial charge in [0.1, 0.15) is 11.5 Å². The van der Waals surface area contributed by atoms with Crippen LogP contribution in [0.5, 0.6) is 0 Å². The SMILES string of the molecule is CC(C)(C)c1ccc(-c2ncc(C(=O)O)[nH]2)s1. The van der Waals surface area contributed by atoms with Crippen molar-refractivity contribution >= 4 is 17.3 Å². The molecule has 2 aromatic rings. The van der Waals surface area contributed by atoms with Gasteiger partial charge in [-0.15, -0.1) is 11.3 Å². The number of nitrogens with zero attached hydrogens (tertiary/aromatic N) is 1. The summed E-state index contributed by atoms with van der Waals surface area (Å²) >= 11 is 1.63. The van der Waals surface area contributed by atoms with Gasteiger partial charge >= 0.3 is 5.97 Å². The molecule has 2 heterocycles. The maximum atomic E-state index is 10.7. The number of aromatic nitrogens is 2. The van der Waals surface area contributed by atoms with Gasteiger partial charge in [-0.3, -0.25) is 0 Å². The molecule has 0 saturated heterocycles. The summed E-state index contributed by atoms with van der Waals surface area (Å²) in [6.45, 7) is 6.44. The molecule has 0 unspecified atom stereocenters. The van der Waals surface area contributed by atoms with Crippen molar-refractivity contribution in [1.29, 1.82) is 0 Å². The van der Waals surface area contributed by atoms with E-state index in [0.29, 0.717) is 5.82 Å². The van der Waals surface area contributed by atoms with Crippen molar-refractivity contribution in [3.05, 3.63) is 28.9 Å². The third-order valence-corrected chi connectivity index (χ3v) is 3.90. The molecule has 2 N–H and O–H groups in total. The topological polar surface area (TPSA) is 66.0 Å². The molecule has 2 aromatic heterocycles. The van der Waals surface area contributed by atoms with Crippen LogP contribution in [0.25, 0.3) is 10.7 Å². The van der Waals surface area contributed by atoms with Crippen molar-refractivity contribution in [3.8, 4) is 10.7 Å². The lowest BCUT2D eigenvalue weighted by Crippen LogP contribution is -2.07. The molecule has 0 aliphatic heterocycles. The predicted octanol–water partition coefficient (Wildman–Crippen LogP) is 3.13. The highest BCUT2D eigenvalue weighted by Gasteiger charge is 2.18. The molecule has 0 aliphatic rings. The molecule has 0 atom stereocenters. The lowest BCUT2D eigenvalue weighted by Gasteiger charge is -2.15. The zero-order valence-electron chi connectivity index (χ0n) is 9.94. The Morgan fingerprint density at radius 3 is 2.59 bits per heavy atom. The van der Waals surface area contributed by atoms with E-state index in [0.717, 1.165) is 4.88 Å². The Labute approximate surface area is 103 Å². The summed E-state index contributed by atoms with van der Waals surface area (Å²) in [6.07, 6.45) is 1.34. The highest BCUT2D eigenvalue weighted by Crippen LogP contribution is 2.33. The molecule has 0 saturated carbocycles. The minimum absolute atomic E-state index is 0.102. The zero-order valence-corrected chi connectivity index (χ0v) is 10.8. The number of thiophene rings is 1. The van der Waals surface area contributed by atoms with E-state index in [2.05, 4.69) is 36.8 Å². The molecule has 0 aromatic carbocycles. The highest BCUT2D eigenvalue weighted by atomic mass is 32.1. The largest absolute Gasteiger partial charge is 0.477 e. The molecule has 4 nitrogen and oxygen atoms in total. The standard InChI is InChI=1S/C12H14N2O2S/c1-12(2,3)9-5-4-8(17-9)10-13-6-7(14-10)11(15)16/h4-6H,1-3H3,(H,13,14)(H,15,16). The molecule has 17 heavy (non-hydrogen) atoms. The van der Waals surface area contributed by atoms with Crippen LogP contribution in [0.2, 0.25) is 0 Å². The van der Waals surface area contributed by atoms with Gasteiger partial charge in [-0.25, -0.2) is 9.78 Å². The first-order valence-corrected chi connectivity index (χ1v) is 6.08. The van der Waals surface area contributed by atoms with Gasteiger partial charge in [0.05, 0.1) is 11.1 Å². The molecule has 0 radical (unpaired) electrons. The average molecular weight is 250 g/mol. The van der Waals surface area contributed by atoms with Crippen LogP contribution in [0.4, 0.5) is 0 Å². The van der Waals surface area contributed by atoms with Crippen LogP contribution in [0.15, 0.2) is 18.3 Å². The molecule has 0 amide bonds. The van der Waals surface area contributed by atoms with Crippen LogP contribution in [-0.2, 0) is 5.41 Å². The molecule has 0 bridgehead atoms. The quantitative estimate of drug-likeness (QED) is 0.860. The van der Waals surface area contributed by atoms with Gasteiger partial charge in [0.25, 0.3) is 0 Å². The number of aromatic carboxylic acids is 1. The van der Waals surface area contributed by atoms with Gasteiger partial charge in [0, 0.05) is 4.88 Å². The molecule has 0 fully saturated rings. The van der Waals surface area contributed by atoms with Crippen molar-refractivity contribution in [2.45, 2.75) is 26.2 Å². The maximum Gasteiger partial charge on any atom is 0.353 e. The average Bonchev–Trinajstić information content (AvgIpc) is 2.85. The van der Waals surface area contributed by atoms with E-state index in [9.17, 15) is 4.79 Å². The molecule has 5 heteroatoms. The number of hydrogen-bond acceptors (Lipinski definition) is 3. The number of carbonyl (C=O) groups is 1. The number of aromatic amines is 1. The second-order valence-electron chi connectivity index (χ2n) is 4.86. The Kier molecular flexibility index (Phi) is 2.79. The first-order chi connectivity index (χ1) is 7.88. The van der Waals surface area contributed by atoms with Gasteiger partial charge in [0.2, 0.25) is 0 Å². The number of imidazole rings is 1. The first-order valence-electron chi connectivity index (χ1n) is 5.27. The van der Waals surface area contributed by atoms with E-state index in [4.69, 9.17) is 5.11 Å². The fraction of sp³-hybridized carbons (Fsp3) is 0.333. The lowest BCUT2D eigenvalue weighted by molar-refractivity contribution is 0.0691. The Hall–Kier alpha value is -1.62. The van der Waals surface area contributed by atoms with Gasteiger partial charge in [-0.2, -0.15) is 0 Å². The number of carboxylic acids is 1. The summed E-state index contributed by atoms with van der Waals surface area (Å²) in [4.78, 5) is 19.8. The highest BCUT2D eigenvalue weighted by molar-refractivity contribution is 7.15. The van der Waals surface area contributed by atoms with E-state index in [1.54, 1.807) is 11.3 Å². The molecule has 90 valence electrons. The van der Waals surface area contributed by atoms with Crippen molar-refractivity contribution < 1.29 is 9.90 Å². The van der Waals surface area contributed by atoms with Gasteiger partial charge in [0.15, 0.2) is 0 Å². The second kappa shape index (κ2) is 4.00. The Balaban J connectivity index is 2.34. The Morgan fingerprint density at radius 1 is 1.41 bits per heavy atom. The summed E-state index contributed by atoms with van der Waals surface area (Å²) in [5, 5.41) is 8.81. The number of nitrogens with one attached hydrogen (secondary N) is 1. The number of rotatable bonds is 2. The van der Waals surface area contributed by atoms with Crippen molar-refractivity contribution in [3.63, 3.8) is 0 Å².